The van der Waals surface area contributed by atoms with E-state index in [9.17, 15) is 13.9 Å². The molecule has 0 saturated heterocycles. The van der Waals surface area contributed by atoms with Crippen molar-refractivity contribution < 1.29 is 13.9 Å². The van der Waals surface area contributed by atoms with E-state index >= 15 is 0 Å². The van der Waals surface area contributed by atoms with Crippen molar-refractivity contribution >= 4 is 16.7 Å². The molecule has 2 aromatic carbocycles. The van der Waals surface area contributed by atoms with Crippen LogP contribution in [0.2, 0.25) is 0 Å². The van der Waals surface area contributed by atoms with Gasteiger partial charge in [-0.2, -0.15) is 0 Å². The van der Waals surface area contributed by atoms with Crippen LogP contribution in [-0.4, -0.2) is 14.7 Å². The van der Waals surface area contributed by atoms with Crippen LogP contribution in [-0.2, 0) is 6.61 Å². The number of anilines is 1. The average molecular weight is 275 g/mol. The molecule has 0 radical (unpaired) electrons. The second-order valence-electron chi connectivity index (χ2n) is 4.37. The highest BCUT2D eigenvalue weighted by atomic mass is 19.1. The highest BCUT2D eigenvalue weighted by Gasteiger charge is 2.15. The average Bonchev–Trinajstić information content (AvgIpc) is 2.78. The van der Waals surface area contributed by atoms with Gasteiger partial charge in [0.05, 0.1) is 16.7 Å². The van der Waals surface area contributed by atoms with Crippen molar-refractivity contribution in [3.05, 3.63) is 53.9 Å². The standard InChI is InChI=1S/C14H11F2N3O/c15-8-1-3-10(16)13(5-8)19-12-4-2-9(17)6-11(12)18-14(19)7-20/h1-6,20H,7,17H2. The van der Waals surface area contributed by atoms with Crippen molar-refractivity contribution in [2.75, 3.05) is 5.73 Å². The molecule has 0 spiro atoms. The van der Waals surface area contributed by atoms with E-state index in [1.807, 2.05) is 0 Å². The van der Waals surface area contributed by atoms with Crippen molar-refractivity contribution in [2.24, 2.45) is 0 Å². The van der Waals surface area contributed by atoms with E-state index < -0.39 is 18.2 Å². The fourth-order valence-corrected chi connectivity index (χ4v) is 2.18. The van der Waals surface area contributed by atoms with Gasteiger partial charge in [0.2, 0.25) is 0 Å². The maximum Gasteiger partial charge on any atom is 0.147 e. The maximum atomic E-state index is 13.9. The Balaban J connectivity index is 2.37. The smallest absolute Gasteiger partial charge is 0.147 e. The number of hydrogen-bond donors (Lipinski definition) is 2. The number of benzene rings is 2. The third kappa shape index (κ3) is 1.90. The second-order valence-corrected chi connectivity index (χ2v) is 4.37. The number of aliphatic hydroxyl groups is 1. The van der Waals surface area contributed by atoms with Crippen LogP contribution in [0.4, 0.5) is 14.5 Å². The van der Waals surface area contributed by atoms with Gasteiger partial charge in [0.25, 0.3) is 0 Å². The lowest BCUT2D eigenvalue weighted by Crippen LogP contribution is -2.04. The molecule has 0 aliphatic rings. The molecule has 3 aromatic rings. The molecule has 102 valence electrons. The highest BCUT2D eigenvalue weighted by molar-refractivity contribution is 5.81. The number of aliphatic hydroxyl groups excluding tert-OH is 1. The molecule has 0 aliphatic carbocycles. The van der Waals surface area contributed by atoms with E-state index in [0.717, 1.165) is 18.2 Å². The van der Waals surface area contributed by atoms with Gasteiger partial charge in [0, 0.05) is 11.8 Å². The van der Waals surface area contributed by atoms with Gasteiger partial charge in [-0.1, -0.05) is 0 Å². The molecular weight excluding hydrogens is 264 g/mol. The molecule has 6 heteroatoms. The minimum Gasteiger partial charge on any atom is -0.399 e. The Kier molecular flexibility index (Phi) is 2.87. The largest absolute Gasteiger partial charge is 0.399 e. The SMILES string of the molecule is Nc1ccc2c(c1)nc(CO)n2-c1cc(F)ccc1F. The van der Waals surface area contributed by atoms with Crippen molar-refractivity contribution in [3.63, 3.8) is 0 Å². The van der Waals surface area contributed by atoms with Gasteiger partial charge in [0.15, 0.2) is 0 Å². The number of rotatable bonds is 2. The van der Waals surface area contributed by atoms with Gasteiger partial charge >= 0.3 is 0 Å². The molecule has 0 amide bonds. The van der Waals surface area contributed by atoms with Crippen LogP contribution in [0.5, 0.6) is 0 Å². The summed E-state index contributed by atoms with van der Waals surface area (Å²) in [5.41, 5.74) is 7.24. The maximum absolute atomic E-state index is 13.9. The third-order valence-corrected chi connectivity index (χ3v) is 3.04. The molecule has 1 heterocycles. The zero-order chi connectivity index (χ0) is 14.3. The number of nitrogens with zero attached hydrogens (tertiary/aromatic N) is 2. The summed E-state index contributed by atoms with van der Waals surface area (Å²) >= 11 is 0. The molecule has 4 nitrogen and oxygen atoms in total. The molecular formula is C14H11F2N3O. The number of aromatic nitrogens is 2. The summed E-state index contributed by atoms with van der Waals surface area (Å²) in [6.45, 7) is -0.398. The van der Waals surface area contributed by atoms with Crippen LogP contribution < -0.4 is 5.73 Å². The van der Waals surface area contributed by atoms with E-state index in [-0.39, 0.29) is 11.5 Å². The summed E-state index contributed by atoms with van der Waals surface area (Å²) in [7, 11) is 0. The molecule has 0 bridgehead atoms. The molecule has 0 aliphatic heterocycles. The van der Waals surface area contributed by atoms with Gasteiger partial charge in [-0.3, -0.25) is 4.57 Å². The molecule has 3 N–H and O–H groups in total. The van der Waals surface area contributed by atoms with Crippen molar-refractivity contribution in [3.8, 4) is 5.69 Å². The monoisotopic (exact) mass is 275 g/mol. The fraction of sp³-hybridized carbons (Fsp3) is 0.0714. The minimum absolute atomic E-state index is 0.00122. The Morgan fingerprint density at radius 3 is 2.70 bits per heavy atom. The fourth-order valence-electron chi connectivity index (χ4n) is 2.18. The molecule has 20 heavy (non-hydrogen) atoms. The quantitative estimate of drug-likeness (QED) is 0.706. The number of hydrogen-bond acceptors (Lipinski definition) is 3. The van der Waals surface area contributed by atoms with Crippen LogP contribution >= 0.6 is 0 Å². The summed E-state index contributed by atoms with van der Waals surface area (Å²) in [6, 6.07) is 8.04. The van der Waals surface area contributed by atoms with Gasteiger partial charge in [-0.15, -0.1) is 0 Å². The van der Waals surface area contributed by atoms with Crippen molar-refractivity contribution in [2.45, 2.75) is 6.61 Å². The van der Waals surface area contributed by atoms with Crippen LogP contribution in [0.25, 0.3) is 16.7 Å². The zero-order valence-electron chi connectivity index (χ0n) is 10.3. The lowest BCUT2D eigenvalue weighted by atomic mass is 10.2. The topological polar surface area (TPSA) is 64.1 Å². The molecule has 0 unspecified atom stereocenters. The number of nitrogen functional groups attached to an aromatic ring is 1. The molecule has 0 fully saturated rings. The summed E-state index contributed by atoms with van der Waals surface area (Å²) in [5, 5.41) is 9.38. The summed E-state index contributed by atoms with van der Waals surface area (Å²) in [5.74, 6) is -0.949. The van der Waals surface area contributed by atoms with E-state index in [1.54, 1.807) is 18.2 Å². The molecule has 1 aromatic heterocycles. The summed E-state index contributed by atoms with van der Waals surface area (Å²) < 4.78 is 28.7. The van der Waals surface area contributed by atoms with Gasteiger partial charge in [0.1, 0.15) is 24.1 Å². The lowest BCUT2D eigenvalue weighted by molar-refractivity contribution is 0.270. The molecule has 3 rings (SSSR count). The Morgan fingerprint density at radius 1 is 1.15 bits per heavy atom. The van der Waals surface area contributed by atoms with Crippen molar-refractivity contribution in [1.82, 2.24) is 9.55 Å². The predicted molar refractivity (Wildman–Crippen MR) is 71.3 cm³/mol. The second kappa shape index (κ2) is 4.57. The van der Waals surface area contributed by atoms with Gasteiger partial charge < -0.3 is 10.8 Å². The number of imidazole rings is 1. The number of nitrogens with two attached hydrogens (primary N) is 1. The number of fused-ring (bicyclic) bond motifs is 1. The molecule has 0 saturated carbocycles. The van der Waals surface area contributed by atoms with Gasteiger partial charge in [-0.05, 0) is 30.3 Å². The number of halogens is 2. The Hall–Kier alpha value is -2.47. The molecule has 0 atom stereocenters. The van der Waals surface area contributed by atoms with E-state index in [1.165, 1.54) is 4.57 Å². The van der Waals surface area contributed by atoms with Crippen LogP contribution in [0.3, 0.4) is 0 Å². The first kappa shape index (κ1) is 12.6. The first-order valence-electron chi connectivity index (χ1n) is 5.93. The highest BCUT2D eigenvalue weighted by Crippen LogP contribution is 2.25. The zero-order valence-corrected chi connectivity index (χ0v) is 10.3. The third-order valence-electron chi connectivity index (χ3n) is 3.04. The van der Waals surface area contributed by atoms with Crippen LogP contribution in [0.1, 0.15) is 5.82 Å². The summed E-state index contributed by atoms with van der Waals surface area (Å²) in [6.07, 6.45) is 0. The summed E-state index contributed by atoms with van der Waals surface area (Å²) in [4.78, 5) is 4.18. The Bertz CT molecular complexity index is 798. The van der Waals surface area contributed by atoms with E-state index in [2.05, 4.69) is 4.98 Å². The van der Waals surface area contributed by atoms with Crippen LogP contribution in [0.15, 0.2) is 36.4 Å². The predicted octanol–water partition coefficient (Wildman–Crippen LogP) is 2.38. The van der Waals surface area contributed by atoms with E-state index in [4.69, 9.17) is 5.73 Å². The van der Waals surface area contributed by atoms with Crippen molar-refractivity contribution in [1.29, 1.82) is 0 Å². The lowest BCUT2D eigenvalue weighted by Gasteiger charge is -2.09. The Morgan fingerprint density at radius 2 is 1.95 bits per heavy atom. The first-order valence-corrected chi connectivity index (χ1v) is 5.93. The van der Waals surface area contributed by atoms with E-state index in [0.29, 0.717) is 16.7 Å². The van der Waals surface area contributed by atoms with Crippen LogP contribution in [0, 0.1) is 11.6 Å². The normalized spacial score (nSPS) is 11.2. The first-order chi connectivity index (χ1) is 9.60. The minimum atomic E-state index is -0.600. The Labute approximate surface area is 113 Å². The van der Waals surface area contributed by atoms with Gasteiger partial charge in [-0.25, -0.2) is 13.8 Å².